The van der Waals surface area contributed by atoms with Crippen LogP contribution in [0, 0.1) is 17.1 Å². The normalized spacial score (nSPS) is 18.9. The van der Waals surface area contributed by atoms with Gasteiger partial charge in [0, 0.05) is 23.9 Å². The summed E-state index contributed by atoms with van der Waals surface area (Å²) in [6.45, 7) is 4.72. The van der Waals surface area contributed by atoms with Crippen LogP contribution in [0.3, 0.4) is 0 Å². The van der Waals surface area contributed by atoms with E-state index in [9.17, 15) is 9.18 Å². The molecule has 150 valence electrons. The van der Waals surface area contributed by atoms with E-state index in [1.54, 1.807) is 13.0 Å². The minimum Gasteiger partial charge on any atom is -0.481 e. The Balaban J connectivity index is 1.88. The van der Waals surface area contributed by atoms with E-state index < -0.39 is 17.3 Å². The average molecular weight is 396 g/mol. The number of amides is 1. The first-order valence-electron chi connectivity index (χ1n) is 9.22. The molecule has 1 N–H and O–H groups in total. The summed E-state index contributed by atoms with van der Waals surface area (Å²) >= 11 is 0. The predicted octanol–water partition coefficient (Wildman–Crippen LogP) is 3.42. The number of rotatable bonds is 4. The van der Waals surface area contributed by atoms with Gasteiger partial charge in [-0.25, -0.2) is 14.4 Å². The third-order valence-electron chi connectivity index (χ3n) is 4.46. The molecule has 1 aromatic carbocycles. The highest BCUT2D eigenvalue weighted by atomic mass is 19.1. The van der Waals surface area contributed by atoms with Crippen molar-refractivity contribution in [1.82, 2.24) is 4.98 Å². The zero-order valence-corrected chi connectivity index (χ0v) is 16.2. The number of pyridine rings is 1. The van der Waals surface area contributed by atoms with Crippen LogP contribution in [0.5, 0.6) is 0 Å². The fourth-order valence-corrected chi connectivity index (χ4v) is 3.01. The second kappa shape index (κ2) is 8.80. The van der Waals surface area contributed by atoms with Crippen molar-refractivity contribution in [3.05, 3.63) is 59.2 Å². The maximum absolute atomic E-state index is 14.7. The quantitative estimate of drug-likeness (QED) is 0.854. The Labute approximate surface area is 168 Å². The molecule has 0 aliphatic carbocycles. The smallest absolute Gasteiger partial charge is 0.274 e. The van der Waals surface area contributed by atoms with Gasteiger partial charge in [-0.3, -0.25) is 4.79 Å². The fraction of sp³-hybridized carbons (Fsp3) is 0.333. The third-order valence-corrected chi connectivity index (χ3v) is 4.46. The lowest BCUT2D eigenvalue weighted by atomic mass is 9.92. The standard InChI is InChI=1S/C21H21FN4O3/c1-3-29-19-8-9-28-13-21(2,26-19)16-10-15(5-6-17(16)22)25-20(27)18-7-4-14(11-23)12-24-18/h4-7,10,12H,3,8-9,13H2,1-2H3,(H,25,27)/t21-/m0/s1. The Bertz CT molecular complexity index is 969. The molecule has 7 nitrogen and oxygen atoms in total. The highest BCUT2D eigenvalue weighted by Crippen LogP contribution is 2.32. The molecule has 2 heterocycles. The van der Waals surface area contributed by atoms with Gasteiger partial charge in [0.1, 0.15) is 23.1 Å². The molecule has 0 unspecified atom stereocenters. The van der Waals surface area contributed by atoms with Crippen molar-refractivity contribution in [2.75, 3.05) is 25.1 Å². The number of nitrogens with one attached hydrogen (secondary N) is 1. The number of carbonyl (C=O) groups excluding carboxylic acids is 1. The van der Waals surface area contributed by atoms with E-state index in [2.05, 4.69) is 15.3 Å². The maximum Gasteiger partial charge on any atom is 0.274 e. The summed E-state index contributed by atoms with van der Waals surface area (Å²) in [5.74, 6) is -0.400. The van der Waals surface area contributed by atoms with Crippen molar-refractivity contribution >= 4 is 17.5 Å². The van der Waals surface area contributed by atoms with Crippen molar-refractivity contribution in [2.24, 2.45) is 4.99 Å². The van der Waals surface area contributed by atoms with Crippen molar-refractivity contribution in [2.45, 2.75) is 25.8 Å². The number of anilines is 1. The monoisotopic (exact) mass is 396 g/mol. The second-order valence-electron chi connectivity index (χ2n) is 6.71. The summed E-state index contributed by atoms with van der Waals surface area (Å²) in [6, 6.07) is 9.19. The van der Waals surface area contributed by atoms with E-state index in [0.29, 0.717) is 42.3 Å². The first-order valence-corrected chi connectivity index (χ1v) is 9.22. The van der Waals surface area contributed by atoms with Gasteiger partial charge in [-0.05, 0) is 44.2 Å². The summed E-state index contributed by atoms with van der Waals surface area (Å²) in [5, 5.41) is 11.5. The van der Waals surface area contributed by atoms with Crippen molar-refractivity contribution in [1.29, 1.82) is 5.26 Å². The number of nitrogens with zero attached hydrogens (tertiary/aromatic N) is 3. The molecule has 1 aliphatic rings. The van der Waals surface area contributed by atoms with E-state index in [0.717, 1.165) is 0 Å². The molecule has 1 amide bonds. The highest BCUT2D eigenvalue weighted by molar-refractivity contribution is 6.02. The number of benzene rings is 1. The topological polar surface area (TPSA) is 96.6 Å². The molecule has 0 radical (unpaired) electrons. The Morgan fingerprint density at radius 3 is 2.93 bits per heavy atom. The highest BCUT2D eigenvalue weighted by Gasteiger charge is 2.33. The molecular weight excluding hydrogens is 375 g/mol. The first-order chi connectivity index (χ1) is 13.9. The van der Waals surface area contributed by atoms with Crippen molar-refractivity contribution in [3.63, 3.8) is 0 Å². The predicted molar refractivity (Wildman–Crippen MR) is 105 cm³/mol. The largest absolute Gasteiger partial charge is 0.481 e. The summed E-state index contributed by atoms with van der Waals surface area (Å²) in [4.78, 5) is 21.0. The van der Waals surface area contributed by atoms with E-state index in [1.807, 2.05) is 13.0 Å². The summed E-state index contributed by atoms with van der Waals surface area (Å²) in [7, 11) is 0. The van der Waals surface area contributed by atoms with Gasteiger partial charge in [-0.15, -0.1) is 0 Å². The summed E-state index contributed by atoms with van der Waals surface area (Å²) in [6.07, 6.45) is 1.84. The number of nitriles is 1. The van der Waals surface area contributed by atoms with Gasteiger partial charge in [0.25, 0.3) is 5.91 Å². The van der Waals surface area contributed by atoms with Gasteiger partial charge in [0.15, 0.2) is 5.90 Å². The minimum absolute atomic E-state index is 0.149. The Kier molecular flexibility index (Phi) is 6.20. The molecule has 2 aromatic rings. The van der Waals surface area contributed by atoms with Gasteiger partial charge >= 0.3 is 0 Å². The van der Waals surface area contributed by atoms with Crippen LogP contribution in [0.25, 0.3) is 0 Å². The molecule has 1 aromatic heterocycles. The molecule has 0 spiro atoms. The molecule has 3 rings (SSSR count). The van der Waals surface area contributed by atoms with Gasteiger partial charge in [0.05, 0.1) is 25.4 Å². The molecule has 0 saturated heterocycles. The Hall–Kier alpha value is -3.31. The van der Waals surface area contributed by atoms with Crippen LogP contribution >= 0.6 is 0 Å². The third kappa shape index (κ3) is 4.76. The SMILES string of the molecule is CCOC1=N[C@](C)(c2cc(NC(=O)c3ccc(C#N)cn3)ccc2F)COCC1. The van der Waals surface area contributed by atoms with Crippen molar-refractivity contribution in [3.8, 4) is 6.07 Å². The van der Waals surface area contributed by atoms with Crippen LogP contribution in [-0.4, -0.2) is 36.6 Å². The summed E-state index contributed by atoms with van der Waals surface area (Å²) < 4.78 is 25.8. The molecular formula is C21H21FN4O3. The number of halogens is 1. The van der Waals surface area contributed by atoms with E-state index in [1.165, 1.54) is 30.5 Å². The minimum atomic E-state index is -0.988. The van der Waals surface area contributed by atoms with Gasteiger partial charge in [-0.1, -0.05) is 0 Å². The number of hydrogen-bond acceptors (Lipinski definition) is 6. The van der Waals surface area contributed by atoms with Crippen LogP contribution in [-0.2, 0) is 15.0 Å². The van der Waals surface area contributed by atoms with E-state index >= 15 is 0 Å². The Morgan fingerprint density at radius 2 is 2.24 bits per heavy atom. The molecule has 29 heavy (non-hydrogen) atoms. The van der Waals surface area contributed by atoms with Gasteiger partial charge < -0.3 is 14.8 Å². The first kappa shape index (κ1) is 20.4. The van der Waals surface area contributed by atoms with Gasteiger partial charge in [0.2, 0.25) is 0 Å². The number of carbonyl (C=O) groups is 1. The maximum atomic E-state index is 14.7. The fourth-order valence-electron chi connectivity index (χ4n) is 3.01. The number of hydrogen-bond donors (Lipinski definition) is 1. The van der Waals surface area contributed by atoms with Crippen molar-refractivity contribution < 1.29 is 18.7 Å². The molecule has 0 bridgehead atoms. The molecule has 0 fully saturated rings. The Morgan fingerprint density at radius 1 is 1.41 bits per heavy atom. The van der Waals surface area contributed by atoms with Gasteiger partial charge in [-0.2, -0.15) is 5.26 Å². The van der Waals surface area contributed by atoms with E-state index in [4.69, 9.17) is 14.7 Å². The zero-order valence-electron chi connectivity index (χ0n) is 16.2. The van der Waals surface area contributed by atoms with Crippen LogP contribution in [0.2, 0.25) is 0 Å². The lowest BCUT2D eigenvalue weighted by molar-refractivity contribution is 0.101. The molecule has 1 atom stereocenters. The molecule has 0 saturated carbocycles. The lowest BCUT2D eigenvalue weighted by Crippen LogP contribution is -2.28. The number of aliphatic imine (C=N–C) groups is 1. The second-order valence-corrected chi connectivity index (χ2v) is 6.71. The molecule has 1 aliphatic heterocycles. The van der Waals surface area contributed by atoms with E-state index in [-0.39, 0.29) is 12.3 Å². The zero-order chi connectivity index (χ0) is 20.9. The van der Waals surface area contributed by atoms with Crippen LogP contribution < -0.4 is 5.32 Å². The average Bonchev–Trinajstić information content (AvgIpc) is 2.91. The lowest BCUT2D eigenvalue weighted by Gasteiger charge is -2.25. The summed E-state index contributed by atoms with van der Waals surface area (Å²) in [5.41, 5.74) is 0.210. The molecule has 8 heteroatoms. The van der Waals surface area contributed by atoms with Crippen LogP contribution in [0.1, 0.15) is 41.9 Å². The number of ether oxygens (including phenoxy) is 2. The number of aromatic nitrogens is 1. The van der Waals surface area contributed by atoms with Crippen LogP contribution in [0.4, 0.5) is 10.1 Å². The van der Waals surface area contributed by atoms with Crippen LogP contribution in [0.15, 0.2) is 41.5 Å².